The third-order valence-electron chi connectivity index (χ3n) is 3.30. The van der Waals surface area contributed by atoms with Crippen molar-refractivity contribution in [1.82, 2.24) is 15.5 Å². The molecule has 0 aromatic heterocycles. The van der Waals surface area contributed by atoms with Gasteiger partial charge < -0.3 is 15.5 Å². The fraction of sp³-hybridized carbons (Fsp3) is 0.833. The molecule has 1 aliphatic heterocycles. The van der Waals surface area contributed by atoms with Crippen molar-refractivity contribution < 1.29 is 9.59 Å². The summed E-state index contributed by atoms with van der Waals surface area (Å²) < 4.78 is 0. The highest BCUT2D eigenvalue weighted by atomic mass is 16.2. The minimum Gasteiger partial charge on any atom is -0.341 e. The second-order valence-electron chi connectivity index (χ2n) is 5.00. The standard InChI is InChI=1S/C12H21N3O2/c1-9(13-12(17)14-10-5-6-10)11(16)15-7-3-2-4-8-15/h9-10H,2-8H2,1H3,(H2,13,14,17). The zero-order valence-electron chi connectivity index (χ0n) is 10.4. The average molecular weight is 239 g/mol. The van der Waals surface area contributed by atoms with Crippen LogP contribution in [-0.4, -0.2) is 42.0 Å². The van der Waals surface area contributed by atoms with Gasteiger partial charge in [-0.3, -0.25) is 4.79 Å². The monoisotopic (exact) mass is 239 g/mol. The topological polar surface area (TPSA) is 61.4 Å². The summed E-state index contributed by atoms with van der Waals surface area (Å²) in [4.78, 5) is 25.4. The number of hydrogen-bond donors (Lipinski definition) is 2. The molecule has 3 amide bonds. The molecule has 5 heteroatoms. The summed E-state index contributed by atoms with van der Waals surface area (Å²) in [5, 5.41) is 5.53. The van der Waals surface area contributed by atoms with Gasteiger partial charge in [0.25, 0.3) is 0 Å². The maximum absolute atomic E-state index is 12.0. The normalized spacial score (nSPS) is 21.8. The number of rotatable bonds is 3. The average Bonchev–Trinajstić information content (AvgIpc) is 3.12. The molecule has 0 bridgehead atoms. The highest BCUT2D eigenvalue weighted by Gasteiger charge is 2.26. The lowest BCUT2D eigenvalue weighted by Crippen LogP contribution is -2.51. The molecule has 0 aromatic rings. The molecule has 2 rings (SSSR count). The molecule has 17 heavy (non-hydrogen) atoms. The Morgan fingerprint density at radius 2 is 1.82 bits per heavy atom. The van der Waals surface area contributed by atoms with Gasteiger partial charge in [0.2, 0.25) is 5.91 Å². The first-order chi connectivity index (χ1) is 8.16. The molecule has 1 heterocycles. The van der Waals surface area contributed by atoms with Crippen molar-refractivity contribution in [2.45, 2.75) is 51.1 Å². The summed E-state index contributed by atoms with van der Waals surface area (Å²) >= 11 is 0. The van der Waals surface area contributed by atoms with Crippen LogP contribution in [0.3, 0.4) is 0 Å². The van der Waals surface area contributed by atoms with E-state index in [1.54, 1.807) is 6.92 Å². The summed E-state index contributed by atoms with van der Waals surface area (Å²) in [7, 11) is 0. The van der Waals surface area contributed by atoms with Gasteiger partial charge in [-0.1, -0.05) is 0 Å². The number of likely N-dealkylation sites (tertiary alicyclic amines) is 1. The van der Waals surface area contributed by atoms with Crippen LogP contribution in [-0.2, 0) is 4.79 Å². The van der Waals surface area contributed by atoms with Gasteiger partial charge in [-0.15, -0.1) is 0 Å². The van der Waals surface area contributed by atoms with Crippen LogP contribution >= 0.6 is 0 Å². The third kappa shape index (κ3) is 3.61. The van der Waals surface area contributed by atoms with Crippen molar-refractivity contribution in [1.29, 1.82) is 0 Å². The van der Waals surface area contributed by atoms with Crippen LogP contribution in [0.5, 0.6) is 0 Å². The Labute approximate surface area is 102 Å². The predicted octanol–water partition coefficient (Wildman–Crippen LogP) is 0.849. The van der Waals surface area contributed by atoms with Crippen molar-refractivity contribution in [2.75, 3.05) is 13.1 Å². The van der Waals surface area contributed by atoms with E-state index in [0.717, 1.165) is 38.8 Å². The van der Waals surface area contributed by atoms with Crippen molar-refractivity contribution >= 4 is 11.9 Å². The first-order valence-corrected chi connectivity index (χ1v) is 6.52. The Kier molecular flexibility index (Phi) is 3.86. The minimum absolute atomic E-state index is 0.0376. The molecule has 1 aliphatic carbocycles. The van der Waals surface area contributed by atoms with Crippen LogP contribution < -0.4 is 10.6 Å². The van der Waals surface area contributed by atoms with E-state index in [1.807, 2.05) is 4.90 Å². The molecule has 1 saturated carbocycles. The lowest BCUT2D eigenvalue weighted by atomic mass is 10.1. The Morgan fingerprint density at radius 1 is 1.18 bits per heavy atom. The molecule has 1 saturated heterocycles. The van der Waals surface area contributed by atoms with E-state index in [9.17, 15) is 9.59 Å². The quantitative estimate of drug-likeness (QED) is 0.767. The maximum atomic E-state index is 12.0. The van der Waals surface area contributed by atoms with Gasteiger partial charge in [-0.25, -0.2) is 4.79 Å². The predicted molar refractivity (Wildman–Crippen MR) is 64.6 cm³/mol. The molecule has 2 aliphatic rings. The summed E-state index contributed by atoms with van der Waals surface area (Å²) in [5.41, 5.74) is 0. The second kappa shape index (κ2) is 5.38. The number of hydrogen-bond acceptors (Lipinski definition) is 2. The summed E-state index contributed by atoms with van der Waals surface area (Å²) in [5.74, 6) is 0.0376. The highest BCUT2D eigenvalue weighted by Crippen LogP contribution is 2.18. The van der Waals surface area contributed by atoms with E-state index in [0.29, 0.717) is 6.04 Å². The number of nitrogens with zero attached hydrogens (tertiary/aromatic N) is 1. The van der Waals surface area contributed by atoms with Crippen LogP contribution in [0.25, 0.3) is 0 Å². The van der Waals surface area contributed by atoms with Crippen LogP contribution in [0, 0.1) is 0 Å². The molecule has 1 unspecified atom stereocenters. The summed E-state index contributed by atoms with van der Waals surface area (Å²) in [6, 6.07) is -0.315. The van der Waals surface area contributed by atoms with E-state index in [1.165, 1.54) is 6.42 Å². The van der Waals surface area contributed by atoms with Crippen molar-refractivity contribution in [2.24, 2.45) is 0 Å². The fourth-order valence-corrected chi connectivity index (χ4v) is 2.10. The van der Waals surface area contributed by atoms with E-state index in [2.05, 4.69) is 10.6 Å². The molecular weight excluding hydrogens is 218 g/mol. The lowest BCUT2D eigenvalue weighted by Gasteiger charge is -2.29. The molecule has 5 nitrogen and oxygen atoms in total. The molecule has 2 fully saturated rings. The number of nitrogens with one attached hydrogen (secondary N) is 2. The van der Waals surface area contributed by atoms with Gasteiger partial charge in [-0.2, -0.15) is 0 Å². The Hall–Kier alpha value is -1.26. The first kappa shape index (κ1) is 12.2. The lowest BCUT2D eigenvalue weighted by molar-refractivity contribution is -0.133. The number of carbonyl (C=O) groups is 2. The van der Waals surface area contributed by atoms with Crippen molar-refractivity contribution in [3.63, 3.8) is 0 Å². The van der Waals surface area contributed by atoms with Crippen molar-refractivity contribution in [3.8, 4) is 0 Å². The molecule has 2 N–H and O–H groups in total. The van der Waals surface area contributed by atoms with Crippen LogP contribution in [0.15, 0.2) is 0 Å². The van der Waals surface area contributed by atoms with Gasteiger partial charge in [0.05, 0.1) is 0 Å². The third-order valence-corrected chi connectivity index (χ3v) is 3.30. The number of piperidine rings is 1. The zero-order valence-corrected chi connectivity index (χ0v) is 10.4. The van der Waals surface area contributed by atoms with E-state index in [-0.39, 0.29) is 11.9 Å². The molecule has 96 valence electrons. The minimum atomic E-state index is -0.424. The molecular formula is C12H21N3O2. The smallest absolute Gasteiger partial charge is 0.315 e. The van der Waals surface area contributed by atoms with Gasteiger partial charge in [0.1, 0.15) is 6.04 Å². The Balaban J connectivity index is 1.74. The second-order valence-corrected chi connectivity index (χ2v) is 5.00. The van der Waals surface area contributed by atoms with Crippen LogP contribution in [0.2, 0.25) is 0 Å². The molecule has 1 atom stereocenters. The van der Waals surface area contributed by atoms with E-state index < -0.39 is 6.04 Å². The Morgan fingerprint density at radius 3 is 2.41 bits per heavy atom. The van der Waals surface area contributed by atoms with E-state index in [4.69, 9.17) is 0 Å². The van der Waals surface area contributed by atoms with Gasteiger partial charge in [0.15, 0.2) is 0 Å². The highest BCUT2D eigenvalue weighted by molar-refractivity contribution is 5.86. The molecule has 0 spiro atoms. The first-order valence-electron chi connectivity index (χ1n) is 6.52. The van der Waals surface area contributed by atoms with Gasteiger partial charge in [-0.05, 0) is 39.0 Å². The van der Waals surface area contributed by atoms with Gasteiger partial charge in [0, 0.05) is 19.1 Å². The maximum Gasteiger partial charge on any atom is 0.315 e. The fourth-order valence-electron chi connectivity index (χ4n) is 2.10. The van der Waals surface area contributed by atoms with Crippen LogP contribution in [0.1, 0.15) is 39.0 Å². The Bertz CT molecular complexity index is 296. The largest absolute Gasteiger partial charge is 0.341 e. The molecule has 0 aromatic carbocycles. The SMILES string of the molecule is CC(NC(=O)NC1CC1)C(=O)N1CCCCC1. The number of carbonyl (C=O) groups excluding carboxylic acids is 2. The van der Waals surface area contributed by atoms with Gasteiger partial charge >= 0.3 is 6.03 Å². The molecule has 0 radical (unpaired) electrons. The zero-order chi connectivity index (χ0) is 12.3. The van der Waals surface area contributed by atoms with E-state index >= 15 is 0 Å². The number of amides is 3. The van der Waals surface area contributed by atoms with Crippen LogP contribution in [0.4, 0.5) is 4.79 Å². The summed E-state index contributed by atoms with van der Waals surface area (Å²) in [6.45, 7) is 3.41. The van der Waals surface area contributed by atoms with Crippen molar-refractivity contribution in [3.05, 3.63) is 0 Å². The number of urea groups is 1. The summed E-state index contributed by atoms with van der Waals surface area (Å²) in [6.07, 6.45) is 5.47.